The van der Waals surface area contributed by atoms with E-state index in [4.69, 9.17) is 9.57 Å². The van der Waals surface area contributed by atoms with Crippen LogP contribution >= 0.6 is 0 Å². The Balaban J connectivity index is 2.60. The number of quaternary nitrogens is 1. The molecule has 0 saturated heterocycles. The maximum Gasteiger partial charge on any atom is 0.166 e. The third kappa shape index (κ3) is 1.93. The van der Waals surface area contributed by atoms with Gasteiger partial charge in [0, 0.05) is 17.5 Å². The SMILES string of the molecule is CO[NH2+]c1cc(OC)c2ccccc2c1. The van der Waals surface area contributed by atoms with E-state index in [0.29, 0.717) is 0 Å². The van der Waals surface area contributed by atoms with Crippen molar-refractivity contribution in [3.05, 3.63) is 36.4 Å². The molecule has 3 heteroatoms. The highest BCUT2D eigenvalue weighted by atomic mass is 16.6. The van der Waals surface area contributed by atoms with Gasteiger partial charge in [-0.1, -0.05) is 24.3 Å². The van der Waals surface area contributed by atoms with Crippen LogP contribution in [0.15, 0.2) is 36.4 Å². The van der Waals surface area contributed by atoms with Crippen molar-refractivity contribution in [1.82, 2.24) is 0 Å². The molecular weight excluding hydrogens is 190 g/mol. The van der Waals surface area contributed by atoms with Crippen LogP contribution in [0.1, 0.15) is 0 Å². The number of ether oxygens (including phenoxy) is 1. The van der Waals surface area contributed by atoms with Gasteiger partial charge >= 0.3 is 0 Å². The van der Waals surface area contributed by atoms with Crippen LogP contribution in [0.3, 0.4) is 0 Å². The van der Waals surface area contributed by atoms with Gasteiger partial charge in [0.05, 0.1) is 14.2 Å². The van der Waals surface area contributed by atoms with Crippen LogP contribution in [0.25, 0.3) is 10.8 Å². The highest BCUT2D eigenvalue weighted by Gasteiger charge is 2.06. The van der Waals surface area contributed by atoms with Crippen molar-refractivity contribution in [1.29, 1.82) is 0 Å². The molecule has 3 nitrogen and oxygen atoms in total. The molecule has 15 heavy (non-hydrogen) atoms. The van der Waals surface area contributed by atoms with Gasteiger partial charge in [0.2, 0.25) is 0 Å². The number of benzene rings is 2. The second kappa shape index (κ2) is 4.29. The summed E-state index contributed by atoms with van der Waals surface area (Å²) in [6, 6.07) is 12.2. The lowest BCUT2D eigenvalue weighted by atomic mass is 10.1. The molecule has 2 aromatic carbocycles. The third-order valence-corrected chi connectivity index (χ3v) is 2.32. The first-order valence-electron chi connectivity index (χ1n) is 4.78. The normalized spacial score (nSPS) is 10.5. The van der Waals surface area contributed by atoms with Crippen molar-refractivity contribution in [2.45, 2.75) is 0 Å². The first-order valence-corrected chi connectivity index (χ1v) is 4.78. The fourth-order valence-corrected chi connectivity index (χ4v) is 1.67. The van der Waals surface area contributed by atoms with Crippen molar-refractivity contribution < 1.29 is 15.1 Å². The van der Waals surface area contributed by atoms with E-state index in [1.54, 1.807) is 19.7 Å². The first kappa shape index (κ1) is 9.96. The number of methoxy groups -OCH3 is 1. The zero-order valence-corrected chi connectivity index (χ0v) is 8.86. The Kier molecular flexibility index (Phi) is 2.85. The minimum atomic E-state index is 0.872. The Morgan fingerprint density at radius 3 is 2.60 bits per heavy atom. The molecule has 0 aromatic heterocycles. The van der Waals surface area contributed by atoms with E-state index in [9.17, 15) is 0 Å². The zero-order chi connectivity index (χ0) is 10.7. The minimum absolute atomic E-state index is 0.872. The summed E-state index contributed by atoms with van der Waals surface area (Å²) in [6.45, 7) is 0. The van der Waals surface area contributed by atoms with Crippen molar-refractivity contribution in [2.24, 2.45) is 0 Å². The average Bonchev–Trinajstić information content (AvgIpc) is 2.28. The Labute approximate surface area is 88.6 Å². The summed E-state index contributed by atoms with van der Waals surface area (Å²) in [6.07, 6.45) is 0. The molecule has 0 aliphatic rings. The van der Waals surface area contributed by atoms with E-state index in [-0.39, 0.29) is 0 Å². The summed E-state index contributed by atoms with van der Waals surface area (Å²) in [4.78, 5) is 5.00. The Morgan fingerprint density at radius 1 is 1.07 bits per heavy atom. The van der Waals surface area contributed by atoms with E-state index < -0.39 is 0 Å². The summed E-state index contributed by atoms with van der Waals surface area (Å²) in [7, 11) is 3.32. The lowest BCUT2D eigenvalue weighted by Gasteiger charge is -2.06. The summed E-state index contributed by atoms with van der Waals surface area (Å²) in [5.41, 5.74) is 2.71. The lowest BCUT2D eigenvalue weighted by molar-refractivity contribution is -0.830. The largest absolute Gasteiger partial charge is 0.496 e. The van der Waals surface area contributed by atoms with Crippen molar-refractivity contribution >= 4 is 16.5 Å². The molecule has 0 saturated carbocycles. The second-order valence-corrected chi connectivity index (χ2v) is 3.30. The number of rotatable bonds is 3. The van der Waals surface area contributed by atoms with Gasteiger partial charge in [0.25, 0.3) is 0 Å². The fraction of sp³-hybridized carbons (Fsp3) is 0.167. The van der Waals surface area contributed by atoms with Crippen LogP contribution < -0.4 is 10.2 Å². The Morgan fingerprint density at radius 2 is 1.87 bits per heavy atom. The molecule has 78 valence electrons. The van der Waals surface area contributed by atoms with Crippen LogP contribution in [0.4, 0.5) is 5.69 Å². The maximum absolute atomic E-state index is 5.34. The molecule has 2 aromatic rings. The molecule has 2 rings (SSSR count). The molecule has 0 atom stereocenters. The van der Waals surface area contributed by atoms with E-state index in [2.05, 4.69) is 12.1 Å². The van der Waals surface area contributed by atoms with Gasteiger partial charge in [-0.15, -0.1) is 0 Å². The Hall–Kier alpha value is -1.58. The van der Waals surface area contributed by atoms with Gasteiger partial charge in [-0.05, 0) is 5.39 Å². The molecule has 0 unspecified atom stereocenters. The predicted octanol–water partition coefficient (Wildman–Crippen LogP) is 1.60. The highest BCUT2D eigenvalue weighted by Crippen LogP contribution is 2.27. The molecule has 0 amide bonds. The molecule has 2 N–H and O–H groups in total. The molecule has 0 spiro atoms. The molecule has 0 aliphatic heterocycles. The molecular formula is C12H14NO2+. The third-order valence-electron chi connectivity index (χ3n) is 2.32. The predicted molar refractivity (Wildman–Crippen MR) is 59.1 cm³/mol. The van der Waals surface area contributed by atoms with E-state index in [1.165, 1.54) is 0 Å². The van der Waals surface area contributed by atoms with Gasteiger partial charge in [0.1, 0.15) is 5.75 Å². The Bertz CT molecular complexity index is 468. The number of nitrogens with two attached hydrogens (primary N) is 1. The van der Waals surface area contributed by atoms with Gasteiger partial charge < -0.3 is 4.74 Å². The van der Waals surface area contributed by atoms with Crippen LogP contribution in [0, 0.1) is 0 Å². The van der Waals surface area contributed by atoms with E-state index in [0.717, 1.165) is 22.2 Å². The van der Waals surface area contributed by atoms with Crippen LogP contribution in [0.5, 0.6) is 5.75 Å². The van der Waals surface area contributed by atoms with Crippen LogP contribution in [-0.2, 0) is 4.84 Å². The van der Waals surface area contributed by atoms with Crippen molar-refractivity contribution in [2.75, 3.05) is 14.2 Å². The molecule has 0 radical (unpaired) electrons. The van der Waals surface area contributed by atoms with Crippen molar-refractivity contribution in [3.8, 4) is 5.75 Å². The van der Waals surface area contributed by atoms with E-state index in [1.807, 2.05) is 24.3 Å². The quantitative estimate of drug-likeness (QED) is 0.609. The summed E-state index contributed by atoms with van der Waals surface area (Å²) in [5.74, 6) is 0.872. The fourth-order valence-electron chi connectivity index (χ4n) is 1.67. The maximum atomic E-state index is 5.34. The number of hydrogen-bond donors (Lipinski definition) is 1. The summed E-state index contributed by atoms with van der Waals surface area (Å²) in [5, 5.41) is 2.27. The number of fused-ring (bicyclic) bond motifs is 1. The molecule has 0 bridgehead atoms. The van der Waals surface area contributed by atoms with Crippen LogP contribution in [-0.4, -0.2) is 14.2 Å². The molecule has 0 aliphatic carbocycles. The van der Waals surface area contributed by atoms with Gasteiger partial charge in [-0.25, -0.2) is 4.84 Å². The standard InChI is InChI=1S/C12H13NO2/c1-14-12-8-10(13-15-2)7-9-5-3-4-6-11(9)12/h3-8,13H,1-2H3/p+1. The smallest absolute Gasteiger partial charge is 0.166 e. The van der Waals surface area contributed by atoms with Gasteiger partial charge in [-0.2, -0.15) is 5.48 Å². The summed E-state index contributed by atoms with van der Waals surface area (Å²) < 4.78 is 5.34. The first-order chi connectivity index (χ1) is 7.35. The molecule has 0 heterocycles. The van der Waals surface area contributed by atoms with Crippen molar-refractivity contribution in [3.63, 3.8) is 0 Å². The van der Waals surface area contributed by atoms with E-state index >= 15 is 0 Å². The second-order valence-electron chi connectivity index (χ2n) is 3.30. The molecule has 0 fully saturated rings. The number of hydrogen-bond acceptors (Lipinski definition) is 2. The summed E-state index contributed by atoms with van der Waals surface area (Å²) >= 11 is 0. The lowest BCUT2D eigenvalue weighted by Crippen LogP contribution is -2.75. The van der Waals surface area contributed by atoms with Crippen LogP contribution in [0.2, 0.25) is 0 Å². The van der Waals surface area contributed by atoms with Gasteiger partial charge in [-0.3, -0.25) is 0 Å². The topological polar surface area (TPSA) is 35.1 Å². The average molecular weight is 204 g/mol. The minimum Gasteiger partial charge on any atom is -0.496 e. The monoisotopic (exact) mass is 204 g/mol. The zero-order valence-electron chi connectivity index (χ0n) is 8.86. The van der Waals surface area contributed by atoms with Gasteiger partial charge in [0.15, 0.2) is 5.69 Å². The highest BCUT2D eigenvalue weighted by molar-refractivity contribution is 5.90.